The van der Waals surface area contributed by atoms with Gasteiger partial charge in [-0.3, -0.25) is 28.2 Å². The molecule has 0 aliphatic heterocycles. The lowest BCUT2D eigenvalue weighted by Crippen LogP contribution is -2.31. The van der Waals surface area contributed by atoms with Crippen LogP contribution in [0.5, 0.6) is 0 Å². The predicted molar refractivity (Wildman–Crippen MR) is 246 cm³/mol. The number of carbonyl (C=O) groups is 4. The third kappa shape index (κ3) is 44.9. The molecule has 3 atom stereocenters. The summed E-state index contributed by atoms with van der Waals surface area (Å²) in [4.78, 5) is 60.5. The van der Waals surface area contributed by atoms with Gasteiger partial charge in [0.05, 0.1) is 13.2 Å². The minimum Gasteiger partial charge on any atom is -0.462 e. The highest BCUT2D eigenvalue weighted by molar-refractivity contribution is 7.47. The SMILES string of the molecule is CCCCCCCCCCCCCC(=O)OCC(COP(=O)(O)OCC(COC(=O)CCCCN)OC(=O)CCCCN)OC(=O)CCCCCCCCCCCCC.Cl.Cl. The van der Waals surface area contributed by atoms with E-state index in [1.807, 2.05) is 0 Å². The van der Waals surface area contributed by atoms with Gasteiger partial charge in [-0.15, -0.1) is 24.8 Å². The molecule has 3 unspecified atom stereocenters. The van der Waals surface area contributed by atoms with Crippen molar-refractivity contribution in [2.75, 3.05) is 39.5 Å². The Labute approximate surface area is 381 Å². The van der Waals surface area contributed by atoms with Gasteiger partial charge in [0, 0.05) is 25.7 Å². The zero-order valence-corrected chi connectivity index (χ0v) is 40.5. The van der Waals surface area contributed by atoms with E-state index < -0.39 is 63.7 Å². The second-order valence-corrected chi connectivity index (χ2v) is 17.2. The molecule has 0 aromatic carbocycles. The first kappa shape index (κ1) is 63.8. The summed E-state index contributed by atoms with van der Waals surface area (Å²) in [6.45, 7) is 3.29. The van der Waals surface area contributed by atoms with Gasteiger partial charge in [0.25, 0.3) is 0 Å². The maximum atomic E-state index is 13.0. The van der Waals surface area contributed by atoms with Crippen LogP contribution in [0.15, 0.2) is 0 Å². The van der Waals surface area contributed by atoms with E-state index in [0.717, 1.165) is 38.5 Å². The van der Waals surface area contributed by atoms with E-state index >= 15 is 0 Å². The highest BCUT2D eigenvalue weighted by Gasteiger charge is 2.29. The minimum atomic E-state index is -4.81. The number of halogens is 2. The van der Waals surface area contributed by atoms with Crippen LogP contribution in [0.1, 0.15) is 206 Å². The van der Waals surface area contributed by atoms with Crippen molar-refractivity contribution in [1.29, 1.82) is 0 Å². The van der Waals surface area contributed by atoms with Gasteiger partial charge in [-0.2, -0.15) is 0 Å². The third-order valence-electron chi connectivity index (χ3n) is 9.94. The second-order valence-electron chi connectivity index (χ2n) is 15.7. The molecule has 5 N–H and O–H groups in total. The lowest BCUT2D eigenvalue weighted by molar-refractivity contribution is -0.162. The van der Waals surface area contributed by atoms with Gasteiger partial charge in [-0.1, -0.05) is 142 Å². The van der Waals surface area contributed by atoms with E-state index in [1.54, 1.807) is 0 Å². The Morgan fingerprint density at radius 2 is 0.689 bits per heavy atom. The molecule has 0 aliphatic rings. The van der Waals surface area contributed by atoms with Crippen LogP contribution >= 0.6 is 32.6 Å². The summed E-state index contributed by atoms with van der Waals surface area (Å²) in [5.74, 6) is -2.13. The largest absolute Gasteiger partial charge is 0.472 e. The average molecular weight is 938 g/mol. The fourth-order valence-electron chi connectivity index (χ4n) is 6.32. The molecular formula is C44H87Cl2N2O12P. The Morgan fingerprint density at radius 1 is 0.426 bits per heavy atom. The second kappa shape index (κ2) is 46.5. The molecule has 17 heteroatoms. The number of unbranched alkanes of at least 4 members (excludes halogenated alkanes) is 22. The van der Waals surface area contributed by atoms with E-state index in [2.05, 4.69) is 13.8 Å². The molecule has 0 saturated heterocycles. The summed E-state index contributed by atoms with van der Waals surface area (Å²) in [5, 5.41) is 0. The van der Waals surface area contributed by atoms with Gasteiger partial charge in [0.1, 0.15) is 13.2 Å². The molecule has 364 valence electrons. The normalized spacial score (nSPS) is 12.9. The van der Waals surface area contributed by atoms with Crippen molar-refractivity contribution < 1.29 is 56.6 Å². The molecule has 14 nitrogen and oxygen atoms in total. The van der Waals surface area contributed by atoms with Gasteiger partial charge in [-0.25, -0.2) is 4.57 Å². The molecule has 0 rings (SSSR count). The summed E-state index contributed by atoms with van der Waals surface area (Å²) in [6.07, 6.45) is 25.5. The fourth-order valence-corrected chi connectivity index (χ4v) is 7.11. The minimum absolute atomic E-state index is 0. The lowest BCUT2D eigenvalue weighted by atomic mass is 10.1. The Morgan fingerprint density at radius 3 is 0.984 bits per heavy atom. The molecule has 0 amide bonds. The van der Waals surface area contributed by atoms with Crippen molar-refractivity contribution in [3.63, 3.8) is 0 Å². The number of phosphoric acid groups is 1. The molecule has 0 aromatic heterocycles. The molecule has 0 saturated carbocycles. The molecule has 0 spiro atoms. The first-order valence-corrected chi connectivity index (χ1v) is 24.8. The average Bonchev–Trinajstić information content (AvgIpc) is 3.21. The zero-order valence-electron chi connectivity index (χ0n) is 38.0. The zero-order chi connectivity index (χ0) is 43.7. The number of rotatable bonds is 44. The molecule has 0 radical (unpaired) electrons. The molecular weight excluding hydrogens is 850 g/mol. The smallest absolute Gasteiger partial charge is 0.462 e. The van der Waals surface area contributed by atoms with Gasteiger partial charge in [0.15, 0.2) is 12.2 Å². The van der Waals surface area contributed by atoms with Crippen molar-refractivity contribution in [2.45, 2.75) is 219 Å². The Balaban J connectivity index is -0.0000168. The van der Waals surface area contributed by atoms with Crippen molar-refractivity contribution in [2.24, 2.45) is 11.5 Å². The van der Waals surface area contributed by atoms with E-state index in [9.17, 15) is 28.6 Å². The molecule has 0 bridgehead atoms. The van der Waals surface area contributed by atoms with Crippen LogP contribution in [-0.2, 0) is 51.7 Å². The van der Waals surface area contributed by atoms with E-state index in [0.29, 0.717) is 51.6 Å². The van der Waals surface area contributed by atoms with Crippen LogP contribution in [0, 0.1) is 0 Å². The fraction of sp³-hybridized carbons (Fsp3) is 0.909. The maximum absolute atomic E-state index is 13.0. The number of ether oxygens (including phenoxy) is 4. The monoisotopic (exact) mass is 937 g/mol. The summed E-state index contributed by atoms with van der Waals surface area (Å²) in [5.41, 5.74) is 11.0. The molecule has 0 fully saturated rings. The Hall–Kier alpha value is -1.51. The van der Waals surface area contributed by atoms with E-state index in [-0.39, 0.29) is 57.1 Å². The highest BCUT2D eigenvalue weighted by atomic mass is 35.5. The van der Waals surface area contributed by atoms with Crippen LogP contribution in [0.4, 0.5) is 0 Å². The van der Waals surface area contributed by atoms with Gasteiger partial charge < -0.3 is 35.3 Å². The van der Waals surface area contributed by atoms with Crippen LogP contribution < -0.4 is 11.5 Å². The van der Waals surface area contributed by atoms with Crippen molar-refractivity contribution in [1.82, 2.24) is 0 Å². The first-order valence-electron chi connectivity index (χ1n) is 23.3. The standard InChI is InChI=1S/C44H85N2O12P.2ClH/c1-3-5-7-9-11-13-15-17-19-21-23-29-41(47)53-35-39(57-43(49)31-24-22-20-18-16-14-12-10-8-6-4-2)37-55-59(51,52)56-38-40(58-44(50)32-26-28-34-46)36-54-42(48)30-25-27-33-45;;/h39-40H,3-38,45-46H2,1-2H3,(H,51,52);2*1H. The van der Waals surface area contributed by atoms with E-state index in [1.165, 1.54) is 89.9 Å². The summed E-state index contributed by atoms with van der Waals surface area (Å²) in [7, 11) is -4.81. The topological polar surface area (TPSA) is 213 Å². The van der Waals surface area contributed by atoms with E-state index in [4.69, 9.17) is 39.5 Å². The quantitative estimate of drug-likeness (QED) is 0.0224. The first-order chi connectivity index (χ1) is 28.6. The lowest BCUT2D eigenvalue weighted by Gasteiger charge is -2.22. The molecule has 61 heavy (non-hydrogen) atoms. The summed E-state index contributed by atoms with van der Waals surface area (Å²) < 4.78 is 44.8. The summed E-state index contributed by atoms with van der Waals surface area (Å²) >= 11 is 0. The number of carbonyl (C=O) groups excluding carboxylic acids is 4. The van der Waals surface area contributed by atoms with Gasteiger partial charge in [-0.05, 0) is 51.6 Å². The van der Waals surface area contributed by atoms with Gasteiger partial charge in [0.2, 0.25) is 0 Å². The van der Waals surface area contributed by atoms with Crippen molar-refractivity contribution in [3.8, 4) is 0 Å². The van der Waals surface area contributed by atoms with Crippen LogP contribution in [0.2, 0.25) is 0 Å². The highest BCUT2D eigenvalue weighted by Crippen LogP contribution is 2.43. The van der Waals surface area contributed by atoms with Crippen molar-refractivity contribution >= 4 is 56.5 Å². The Kier molecular flexibility index (Phi) is 48.6. The predicted octanol–water partition coefficient (Wildman–Crippen LogP) is 10.5. The number of hydrogen-bond acceptors (Lipinski definition) is 13. The molecule has 0 aromatic rings. The van der Waals surface area contributed by atoms with Crippen LogP contribution in [0.25, 0.3) is 0 Å². The van der Waals surface area contributed by atoms with Crippen LogP contribution in [-0.4, -0.2) is 80.5 Å². The summed E-state index contributed by atoms with van der Waals surface area (Å²) in [6, 6.07) is 0. The number of phosphoric ester groups is 1. The number of nitrogens with two attached hydrogens (primary N) is 2. The van der Waals surface area contributed by atoms with Crippen LogP contribution in [0.3, 0.4) is 0 Å². The van der Waals surface area contributed by atoms with Crippen molar-refractivity contribution in [3.05, 3.63) is 0 Å². The Bertz CT molecular complexity index is 1100. The van der Waals surface area contributed by atoms with Gasteiger partial charge >= 0.3 is 31.7 Å². The number of hydrogen-bond donors (Lipinski definition) is 3. The number of esters is 4. The maximum Gasteiger partial charge on any atom is 0.472 e. The molecule has 0 aliphatic carbocycles. The third-order valence-corrected chi connectivity index (χ3v) is 10.9. The molecule has 0 heterocycles.